The zero-order chi connectivity index (χ0) is 11.7. The number of aromatic nitrogens is 1. The molecule has 0 saturated carbocycles. The van der Waals surface area contributed by atoms with Crippen LogP contribution in [0.3, 0.4) is 0 Å². The Morgan fingerprint density at radius 2 is 2.06 bits per heavy atom. The third-order valence-corrected chi connectivity index (χ3v) is 2.61. The molecule has 3 rings (SSSR count). The van der Waals surface area contributed by atoms with E-state index in [4.69, 9.17) is 4.74 Å². The second kappa shape index (κ2) is 3.90. The standard InChI is InChI=1S/C13H10N2O2/c16-13-9-17-12-6-2-1-5-11(12)15(13)10-4-3-7-14-8-10/h1-8H,9H2. The Labute approximate surface area is 98.5 Å². The van der Waals surface area contributed by atoms with Crippen molar-refractivity contribution in [1.29, 1.82) is 0 Å². The predicted molar refractivity (Wildman–Crippen MR) is 63.3 cm³/mol. The number of benzene rings is 1. The fourth-order valence-corrected chi connectivity index (χ4v) is 1.87. The molecule has 1 amide bonds. The van der Waals surface area contributed by atoms with Crippen molar-refractivity contribution in [2.75, 3.05) is 11.5 Å². The van der Waals surface area contributed by atoms with Gasteiger partial charge in [0.15, 0.2) is 6.61 Å². The van der Waals surface area contributed by atoms with Gasteiger partial charge in [0.25, 0.3) is 5.91 Å². The van der Waals surface area contributed by atoms with Crippen molar-refractivity contribution in [1.82, 2.24) is 4.98 Å². The topological polar surface area (TPSA) is 42.4 Å². The first-order valence-corrected chi connectivity index (χ1v) is 5.31. The summed E-state index contributed by atoms with van der Waals surface area (Å²) >= 11 is 0. The maximum atomic E-state index is 11.9. The number of ether oxygens (including phenoxy) is 1. The smallest absolute Gasteiger partial charge is 0.269 e. The highest BCUT2D eigenvalue weighted by atomic mass is 16.5. The third kappa shape index (κ3) is 1.63. The number of amides is 1. The molecule has 0 radical (unpaired) electrons. The lowest BCUT2D eigenvalue weighted by atomic mass is 10.2. The van der Waals surface area contributed by atoms with Gasteiger partial charge in [-0.25, -0.2) is 0 Å². The molecule has 1 aliphatic heterocycles. The fourth-order valence-electron chi connectivity index (χ4n) is 1.87. The van der Waals surface area contributed by atoms with Gasteiger partial charge in [-0.15, -0.1) is 0 Å². The molecule has 0 atom stereocenters. The number of para-hydroxylation sites is 2. The van der Waals surface area contributed by atoms with Gasteiger partial charge < -0.3 is 4.74 Å². The summed E-state index contributed by atoms with van der Waals surface area (Å²) in [5.74, 6) is 0.632. The van der Waals surface area contributed by atoms with Crippen LogP contribution in [0.15, 0.2) is 48.8 Å². The number of carbonyl (C=O) groups is 1. The van der Waals surface area contributed by atoms with E-state index in [1.807, 2.05) is 30.3 Å². The van der Waals surface area contributed by atoms with E-state index in [2.05, 4.69) is 4.98 Å². The molecule has 2 heterocycles. The van der Waals surface area contributed by atoms with Crippen molar-refractivity contribution in [3.63, 3.8) is 0 Å². The summed E-state index contributed by atoms with van der Waals surface area (Å²) in [6.07, 6.45) is 3.35. The second-order valence-corrected chi connectivity index (χ2v) is 3.70. The molecule has 0 saturated heterocycles. The third-order valence-electron chi connectivity index (χ3n) is 2.61. The van der Waals surface area contributed by atoms with Crippen molar-refractivity contribution in [3.05, 3.63) is 48.8 Å². The Kier molecular flexibility index (Phi) is 2.26. The Hall–Kier alpha value is -2.36. The molecule has 0 unspecified atom stereocenters. The van der Waals surface area contributed by atoms with Gasteiger partial charge in [-0.05, 0) is 24.3 Å². The first kappa shape index (κ1) is 9.84. The van der Waals surface area contributed by atoms with Crippen LogP contribution in [0, 0.1) is 0 Å². The van der Waals surface area contributed by atoms with Gasteiger partial charge in [-0.3, -0.25) is 14.7 Å². The van der Waals surface area contributed by atoms with Gasteiger partial charge in [-0.1, -0.05) is 12.1 Å². The zero-order valence-corrected chi connectivity index (χ0v) is 9.04. The highest BCUT2D eigenvalue weighted by molar-refractivity contribution is 6.04. The van der Waals surface area contributed by atoms with Gasteiger partial charge in [0.2, 0.25) is 0 Å². The first-order chi connectivity index (χ1) is 8.36. The van der Waals surface area contributed by atoms with Crippen molar-refractivity contribution >= 4 is 17.3 Å². The highest BCUT2D eigenvalue weighted by Crippen LogP contribution is 2.36. The number of nitrogens with zero attached hydrogens (tertiary/aromatic N) is 2. The average molecular weight is 226 g/mol. The summed E-state index contributed by atoms with van der Waals surface area (Å²) in [6, 6.07) is 11.1. The van der Waals surface area contributed by atoms with Crippen molar-refractivity contribution < 1.29 is 9.53 Å². The molecule has 4 nitrogen and oxygen atoms in total. The molecule has 0 aliphatic carbocycles. The van der Waals surface area contributed by atoms with Crippen LogP contribution in [0.1, 0.15) is 0 Å². The number of hydrogen-bond acceptors (Lipinski definition) is 3. The van der Waals surface area contributed by atoms with Gasteiger partial charge in [0, 0.05) is 6.20 Å². The molecule has 1 aromatic heterocycles. The van der Waals surface area contributed by atoms with Gasteiger partial charge >= 0.3 is 0 Å². The molecular formula is C13H10N2O2. The van der Waals surface area contributed by atoms with Crippen LogP contribution in [0.2, 0.25) is 0 Å². The largest absolute Gasteiger partial charge is 0.482 e. The second-order valence-electron chi connectivity index (χ2n) is 3.70. The maximum absolute atomic E-state index is 11.9. The molecule has 0 bridgehead atoms. The fraction of sp³-hybridized carbons (Fsp3) is 0.0769. The molecular weight excluding hydrogens is 216 g/mol. The van der Waals surface area contributed by atoms with E-state index >= 15 is 0 Å². The Morgan fingerprint density at radius 3 is 2.88 bits per heavy atom. The van der Waals surface area contributed by atoms with E-state index in [1.54, 1.807) is 23.4 Å². The van der Waals surface area contributed by atoms with Crippen LogP contribution in [0.5, 0.6) is 5.75 Å². The molecule has 2 aromatic rings. The molecule has 1 aliphatic rings. The van der Waals surface area contributed by atoms with Crippen molar-refractivity contribution in [2.45, 2.75) is 0 Å². The normalized spacial score (nSPS) is 14.1. The quantitative estimate of drug-likeness (QED) is 0.748. The van der Waals surface area contributed by atoms with E-state index in [0.717, 1.165) is 17.1 Å². The van der Waals surface area contributed by atoms with Crippen molar-refractivity contribution in [3.8, 4) is 5.75 Å². The summed E-state index contributed by atoms with van der Waals surface area (Å²) < 4.78 is 5.38. The maximum Gasteiger partial charge on any atom is 0.269 e. The Bertz CT molecular complexity index is 554. The van der Waals surface area contributed by atoms with Gasteiger partial charge in [0.1, 0.15) is 5.75 Å². The van der Waals surface area contributed by atoms with Crippen LogP contribution in [0.25, 0.3) is 0 Å². The summed E-state index contributed by atoms with van der Waals surface area (Å²) in [5.41, 5.74) is 1.52. The van der Waals surface area contributed by atoms with Crippen LogP contribution < -0.4 is 9.64 Å². The van der Waals surface area contributed by atoms with Crippen LogP contribution in [-0.4, -0.2) is 17.5 Å². The predicted octanol–water partition coefficient (Wildman–Crippen LogP) is 2.14. The molecule has 84 valence electrons. The lowest BCUT2D eigenvalue weighted by molar-refractivity contribution is -0.120. The number of anilines is 2. The van der Waals surface area contributed by atoms with E-state index in [0.29, 0.717) is 0 Å². The van der Waals surface area contributed by atoms with Crippen LogP contribution in [0.4, 0.5) is 11.4 Å². The van der Waals surface area contributed by atoms with Crippen LogP contribution >= 0.6 is 0 Å². The number of hydrogen-bond donors (Lipinski definition) is 0. The summed E-state index contributed by atoms with van der Waals surface area (Å²) in [6.45, 7) is 0.0614. The molecule has 4 heteroatoms. The lowest BCUT2D eigenvalue weighted by Gasteiger charge is -2.28. The van der Waals surface area contributed by atoms with E-state index in [-0.39, 0.29) is 12.5 Å². The molecule has 1 aromatic carbocycles. The molecule has 17 heavy (non-hydrogen) atoms. The van der Waals surface area contributed by atoms with E-state index < -0.39 is 0 Å². The monoisotopic (exact) mass is 226 g/mol. The first-order valence-electron chi connectivity index (χ1n) is 5.31. The summed E-state index contributed by atoms with van der Waals surface area (Å²) in [4.78, 5) is 17.6. The lowest BCUT2D eigenvalue weighted by Crippen LogP contribution is -2.35. The summed E-state index contributed by atoms with van der Waals surface area (Å²) in [5, 5.41) is 0. The van der Waals surface area contributed by atoms with Crippen LogP contribution in [-0.2, 0) is 4.79 Å². The van der Waals surface area contributed by atoms with Crippen molar-refractivity contribution in [2.24, 2.45) is 0 Å². The average Bonchev–Trinajstić information content (AvgIpc) is 2.39. The Morgan fingerprint density at radius 1 is 1.18 bits per heavy atom. The van der Waals surface area contributed by atoms with E-state index in [1.165, 1.54) is 0 Å². The van der Waals surface area contributed by atoms with Gasteiger partial charge in [0.05, 0.1) is 17.6 Å². The SMILES string of the molecule is O=C1COc2ccccc2N1c1cccnc1. The number of rotatable bonds is 1. The number of fused-ring (bicyclic) bond motifs is 1. The summed E-state index contributed by atoms with van der Waals surface area (Å²) in [7, 11) is 0. The molecule has 0 fully saturated rings. The highest BCUT2D eigenvalue weighted by Gasteiger charge is 2.26. The van der Waals surface area contributed by atoms with Gasteiger partial charge in [-0.2, -0.15) is 0 Å². The van der Waals surface area contributed by atoms with E-state index in [9.17, 15) is 4.79 Å². The minimum atomic E-state index is -0.0864. The number of pyridine rings is 1. The molecule has 0 N–H and O–H groups in total. The Balaban J connectivity index is 2.13. The number of carbonyl (C=O) groups excluding carboxylic acids is 1. The molecule has 0 spiro atoms. The zero-order valence-electron chi connectivity index (χ0n) is 9.04. The minimum Gasteiger partial charge on any atom is -0.482 e. The minimum absolute atomic E-state index is 0.0614.